The average Bonchev–Trinajstić information content (AvgIpc) is 3.11. The number of nitrogens with zero attached hydrogens (tertiary/aromatic N) is 1. The third-order valence-corrected chi connectivity index (χ3v) is 3.83. The highest BCUT2D eigenvalue weighted by Crippen LogP contribution is 2.23. The molecule has 1 saturated heterocycles. The summed E-state index contributed by atoms with van der Waals surface area (Å²) in [6.45, 7) is 0.582. The minimum atomic E-state index is -0.381. The lowest BCUT2D eigenvalue weighted by Gasteiger charge is -2.24. The Morgan fingerprint density at radius 2 is 1.85 bits per heavy atom. The molecule has 1 atom stereocenters. The van der Waals surface area contributed by atoms with E-state index in [1.807, 2.05) is 0 Å². The molecule has 1 aliphatic carbocycles. The summed E-state index contributed by atoms with van der Waals surface area (Å²) in [7, 11) is 0. The van der Waals surface area contributed by atoms with Crippen molar-refractivity contribution in [2.75, 3.05) is 6.54 Å². The highest BCUT2D eigenvalue weighted by Gasteiger charge is 2.36. The number of hydrogen-bond donors (Lipinski definition) is 1. The van der Waals surface area contributed by atoms with Gasteiger partial charge < -0.3 is 10.2 Å². The molecule has 4 nitrogen and oxygen atoms in total. The van der Waals surface area contributed by atoms with E-state index in [2.05, 4.69) is 5.32 Å². The topological polar surface area (TPSA) is 49.4 Å². The fourth-order valence-corrected chi connectivity index (χ4v) is 2.57. The lowest BCUT2D eigenvalue weighted by Crippen LogP contribution is -2.46. The predicted octanol–water partition coefficient (Wildman–Crippen LogP) is 1.71. The summed E-state index contributed by atoms with van der Waals surface area (Å²) < 4.78 is 12.9. The van der Waals surface area contributed by atoms with Gasteiger partial charge in [-0.3, -0.25) is 9.59 Å². The standard InChI is InChI=1S/C15H17FN2O2/c16-11-5-3-10(4-6-11)15(20)18-9-1-2-13(18)14(19)17-12-7-8-12/h3-6,12-13H,1-2,7-9H2,(H,17,19). The zero-order valence-electron chi connectivity index (χ0n) is 11.1. The van der Waals surface area contributed by atoms with Gasteiger partial charge in [-0.2, -0.15) is 0 Å². The molecule has 106 valence electrons. The van der Waals surface area contributed by atoms with Crippen LogP contribution in [-0.2, 0) is 4.79 Å². The van der Waals surface area contributed by atoms with Gasteiger partial charge in [0.1, 0.15) is 11.9 Å². The molecule has 20 heavy (non-hydrogen) atoms. The van der Waals surface area contributed by atoms with Crippen molar-refractivity contribution in [1.82, 2.24) is 10.2 Å². The predicted molar refractivity (Wildman–Crippen MR) is 71.6 cm³/mol. The largest absolute Gasteiger partial charge is 0.352 e. The maximum absolute atomic E-state index is 12.9. The second-order valence-corrected chi connectivity index (χ2v) is 5.45. The molecule has 2 aliphatic rings. The molecule has 5 heteroatoms. The number of benzene rings is 1. The molecule has 0 bridgehead atoms. The summed E-state index contributed by atoms with van der Waals surface area (Å²) in [5.74, 6) is -0.620. The Hall–Kier alpha value is -1.91. The lowest BCUT2D eigenvalue weighted by atomic mass is 10.1. The van der Waals surface area contributed by atoms with Gasteiger partial charge in [-0.15, -0.1) is 0 Å². The summed E-state index contributed by atoms with van der Waals surface area (Å²) in [6.07, 6.45) is 3.59. The van der Waals surface area contributed by atoms with Gasteiger partial charge in [0.05, 0.1) is 0 Å². The van der Waals surface area contributed by atoms with Crippen molar-refractivity contribution in [3.05, 3.63) is 35.6 Å². The number of rotatable bonds is 3. The SMILES string of the molecule is O=C(NC1CC1)C1CCCN1C(=O)c1ccc(F)cc1. The van der Waals surface area contributed by atoms with Gasteiger partial charge in [-0.25, -0.2) is 4.39 Å². The average molecular weight is 276 g/mol. The van der Waals surface area contributed by atoms with E-state index in [9.17, 15) is 14.0 Å². The molecule has 1 heterocycles. The van der Waals surface area contributed by atoms with Gasteiger partial charge >= 0.3 is 0 Å². The molecule has 2 fully saturated rings. The number of likely N-dealkylation sites (tertiary alicyclic amines) is 1. The van der Waals surface area contributed by atoms with Crippen LogP contribution in [0.2, 0.25) is 0 Å². The van der Waals surface area contributed by atoms with E-state index in [0.29, 0.717) is 24.6 Å². The molecule has 0 aromatic heterocycles. The lowest BCUT2D eigenvalue weighted by molar-refractivity contribution is -0.125. The van der Waals surface area contributed by atoms with Crippen LogP contribution < -0.4 is 5.32 Å². The van der Waals surface area contributed by atoms with Crippen LogP contribution >= 0.6 is 0 Å². The molecule has 1 unspecified atom stereocenters. The first-order chi connectivity index (χ1) is 9.65. The number of halogens is 1. The monoisotopic (exact) mass is 276 g/mol. The van der Waals surface area contributed by atoms with Crippen LogP contribution in [0.1, 0.15) is 36.0 Å². The minimum Gasteiger partial charge on any atom is -0.352 e. The van der Waals surface area contributed by atoms with Crippen molar-refractivity contribution >= 4 is 11.8 Å². The first-order valence-electron chi connectivity index (χ1n) is 7.02. The molecule has 0 radical (unpaired) electrons. The second kappa shape index (κ2) is 5.23. The van der Waals surface area contributed by atoms with Gasteiger partial charge in [0, 0.05) is 18.2 Å². The van der Waals surface area contributed by atoms with Crippen molar-refractivity contribution in [2.45, 2.75) is 37.8 Å². The van der Waals surface area contributed by atoms with Crippen molar-refractivity contribution in [1.29, 1.82) is 0 Å². The van der Waals surface area contributed by atoms with Crippen molar-refractivity contribution in [2.24, 2.45) is 0 Å². The van der Waals surface area contributed by atoms with E-state index in [-0.39, 0.29) is 23.7 Å². The van der Waals surface area contributed by atoms with E-state index in [4.69, 9.17) is 0 Å². The molecule has 1 N–H and O–H groups in total. The second-order valence-electron chi connectivity index (χ2n) is 5.45. The Bertz CT molecular complexity index is 525. The third-order valence-electron chi connectivity index (χ3n) is 3.83. The third kappa shape index (κ3) is 2.66. The molecule has 3 rings (SSSR count). The summed E-state index contributed by atoms with van der Waals surface area (Å²) in [5.41, 5.74) is 0.428. The maximum atomic E-state index is 12.9. The van der Waals surface area contributed by atoms with E-state index >= 15 is 0 Å². The summed E-state index contributed by atoms with van der Waals surface area (Å²) >= 11 is 0. The van der Waals surface area contributed by atoms with Crippen molar-refractivity contribution < 1.29 is 14.0 Å². The van der Waals surface area contributed by atoms with E-state index in [1.54, 1.807) is 4.90 Å². The molecule has 2 amide bonds. The first-order valence-corrected chi connectivity index (χ1v) is 7.02. The van der Waals surface area contributed by atoms with Crippen LogP contribution in [0.5, 0.6) is 0 Å². The highest BCUT2D eigenvalue weighted by molar-refractivity contribution is 5.98. The van der Waals surface area contributed by atoms with E-state index in [1.165, 1.54) is 24.3 Å². The molecule has 1 saturated carbocycles. The Balaban J connectivity index is 1.72. The van der Waals surface area contributed by atoms with Crippen molar-refractivity contribution in [3.8, 4) is 0 Å². The van der Waals surface area contributed by atoms with Crippen LogP contribution in [0.4, 0.5) is 4.39 Å². The Kier molecular flexibility index (Phi) is 3.42. The van der Waals surface area contributed by atoms with Crippen LogP contribution in [0.25, 0.3) is 0 Å². The normalized spacial score (nSPS) is 21.9. The molecule has 1 aromatic rings. The van der Waals surface area contributed by atoms with Gasteiger partial charge in [-0.1, -0.05) is 0 Å². The Morgan fingerprint density at radius 1 is 1.15 bits per heavy atom. The van der Waals surface area contributed by atoms with Gasteiger partial charge in [0.2, 0.25) is 5.91 Å². The van der Waals surface area contributed by atoms with Gasteiger partial charge in [-0.05, 0) is 49.9 Å². The van der Waals surface area contributed by atoms with Gasteiger partial charge in [0.25, 0.3) is 5.91 Å². The Morgan fingerprint density at radius 3 is 2.50 bits per heavy atom. The van der Waals surface area contributed by atoms with Crippen LogP contribution in [-0.4, -0.2) is 35.3 Å². The number of carbonyl (C=O) groups is 2. The number of hydrogen-bond acceptors (Lipinski definition) is 2. The fourth-order valence-electron chi connectivity index (χ4n) is 2.57. The quantitative estimate of drug-likeness (QED) is 0.913. The summed E-state index contributed by atoms with van der Waals surface area (Å²) in [4.78, 5) is 26.1. The maximum Gasteiger partial charge on any atom is 0.254 e. The Labute approximate surface area is 117 Å². The molecule has 0 spiro atoms. The van der Waals surface area contributed by atoms with E-state index in [0.717, 1.165) is 19.3 Å². The number of carbonyl (C=O) groups excluding carboxylic acids is 2. The number of amides is 2. The zero-order valence-corrected chi connectivity index (χ0v) is 11.1. The van der Waals surface area contributed by atoms with Gasteiger partial charge in [0.15, 0.2) is 0 Å². The van der Waals surface area contributed by atoms with Crippen LogP contribution in [0.3, 0.4) is 0 Å². The molecular formula is C15H17FN2O2. The number of nitrogens with one attached hydrogen (secondary N) is 1. The van der Waals surface area contributed by atoms with Crippen LogP contribution in [0, 0.1) is 5.82 Å². The zero-order chi connectivity index (χ0) is 14.1. The molecular weight excluding hydrogens is 259 g/mol. The van der Waals surface area contributed by atoms with E-state index < -0.39 is 0 Å². The minimum absolute atomic E-state index is 0.0551. The summed E-state index contributed by atoms with van der Waals surface area (Å²) in [5, 5.41) is 2.95. The fraction of sp³-hybridized carbons (Fsp3) is 0.467. The smallest absolute Gasteiger partial charge is 0.254 e. The molecule has 1 aromatic carbocycles. The summed E-state index contributed by atoms with van der Waals surface area (Å²) in [6, 6.07) is 5.38. The van der Waals surface area contributed by atoms with Crippen LogP contribution in [0.15, 0.2) is 24.3 Å². The highest BCUT2D eigenvalue weighted by atomic mass is 19.1. The molecule has 1 aliphatic heterocycles. The first kappa shape index (κ1) is 13.1. The van der Waals surface area contributed by atoms with Crippen molar-refractivity contribution in [3.63, 3.8) is 0 Å².